The Morgan fingerprint density at radius 1 is 1.20 bits per heavy atom. The number of nitrogens with one attached hydrogen (secondary N) is 2. The van der Waals surface area contributed by atoms with E-state index in [4.69, 9.17) is 9.47 Å². The average Bonchev–Trinajstić information content (AvgIpc) is 2.76. The van der Waals surface area contributed by atoms with Crippen LogP contribution >= 0.6 is 0 Å². The molecule has 1 saturated heterocycles. The summed E-state index contributed by atoms with van der Waals surface area (Å²) in [6.45, 7) is 10.1. The Balaban J connectivity index is 1.54. The summed E-state index contributed by atoms with van der Waals surface area (Å²) < 4.78 is 11.3. The van der Waals surface area contributed by atoms with Crippen molar-refractivity contribution >= 4 is 11.7 Å². The van der Waals surface area contributed by atoms with E-state index in [2.05, 4.69) is 17.2 Å². The van der Waals surface area contributed by atoms with Crippen LogP contribution in [0, 0.1) is 6.92 Å². The van der Waals surface area contributed by atoms with Crippen LogP contribution in [-0.4, -0.2) is 56.9 Å². The number of carbonyl (C=O) groups excluding carboxylic acids is 1. The number of urea groups is 1. The number of amides is 2. The SMILES string of the molecule is C=CCCNCCCCCCOC1CCN(C(=O)Nc2ccc(OC)cc2C)CC1. The molecular weight excluding hydrogens is 378 g/mol. The summed E-state index contributed by atoms with van der Waals surface area (Å²) in [5.74, 6) is 0.795. The molecule has 0 atom stereocenters. The van der Waals surface area contributed by atoms with Crippen molar-refractivity contribution in [1.82, 2.24) is 10.2 Å². The molecule has 30 heavy (non-hydrogen) atoms. The molecule has 1 aromatic rings. The molecular formula is C24H39N3O3. The smallest absolute Gasteiger partial charge is 0.321 e. The lowest BCUT2D eigenvalue weighted by Gasteiger charge is -2.32. The number of rotatable bonds is 13. The standard InChI is InChI=1S/C24H39N3O3/c1-4-5-14-25-15-8-6-7-9-18-30-21-12-16-27(17-13-21)24(28)26-23-11-10-22(29-3)19-20(23)2/h4,10-11,19,21,25H,1,5-9,12-18H2,2-3H3,(H,26,28). The Kier molecular flexibility index (Phi) is 11.3. The topological polar surface area (TPSA) is 62.8 Å². The highest BCUT2D eigenvalue weighted by molar-refractivity contribution is 5.90. The second kappa shape index (κ2) is 14.0. The highest BCUT2D eigenvalue weighted by atomic mass is 16.5. The first-order chi connectivity index (χ1) is 14.6. The van der Waals surface area contributed by atoms with Crippen LogP contribution in [0.5, 0.6) is 5.75 Å². The van der Waals surface area contributed by atoms with Crippen molar-refractivity contribution < 1.29 is 14.3 Å². The maximum Gasteiger partial charge on any atom is 0.321 e. The highest BCUT2D eigenvalue weighted by Crippen LogP contribution is 2.22. The lowest BCUT2D eigenvalue weighted by molar-refractivity contribution is 0.0141. The number of hydrogen-bond donors (Lipinski definition) is 2. The van der Waals surface area contributed by atoms with Gasteiger partial charge in [-0.2, -0.15) is 0 Å². The van der Waals surface area contributed by atoms with E-state index < -0.39 is 0 Å². The Labute approximate surface area is 182 Å². The number of aryl methyl sites for hydroxylation is 1. The van der Waals surface area contributed by atoms with Gasteiger partial charge in [-0.3, -0.25) is 0 Å². The van der Waals surface area contributed by atoms with Crippen molar-refractivity contribution in [3.63, 3.8) is 0 Å². The molecule has 6 nitrogen and oxygen atoms in total. The van der Waals surface area contributed by atoms with Crippen LogP contribution < -0.4 is 15.4 Å². The minimum atomic E-state index is -0.0385. The zero-order chi connectivity index (χ0) is 21.6. The fraction of sp³-hybridized carbons (Fsp3) is 0.625. The quantitative estimate of drug-likeness (QED) is 0.359. The van der Waals surface area contributed by atoms with Crippen LogP contribution in [0.4, 0.5) is 10.5 Å². The number of anilines is 1. The predicted molar refractivity (Wildman–Crippen MR) is 123 cm³/mol. The lowest BCUT2D eigenvalue weighted by Crippen LogP contribution is -2.43. The summed E-state index contributed by atoms with van der Waals surface area (Å²) in [5, 5.41) is 6.43. The minimum absolute atomic E-state index is 0.0385. The van der Waals surface area contributed by atoms with Gasteiger partial charge in [0.05, 0.1) is 13.2 Å². The number of ether oxygens (including phenoxy) is 2. The predicted octanol–water partition coefficient (Wildman–Crippen LogP) is 4.74. The van der Waals surface area contributed by atoms with E-state index in [0.29, 0.717) is 0 Å². The fourth-order valence-electron chi connectivity index (χ4n) is 3.61. The summed E-state index contributed by atoms with van der Waals surface area (Å²) >= 11 is 0. The van der Waals surface area contributed by atoms with Crippen molar-refractivity contribution in [1.29, 1.82) is 0 Å². The van der Waals surface area contributed by atoms with E-state index in [1.807, 2.05) is 36.1 Å². The Bertz CT molecular complexity index is 643. The van der Waals surface area contributed by atoms with Crippen LogP contribution in [-0.2, 0) is 4.74 Å². The summed E-state index contributed by atoms with van der Waals surface area (Å²) in [6.07, 6.45) is 9.86. The van der Waals surface area contributed by atoms with Crippen LogP contribution in [0.1, 0.15) is 50.5 Å². The van der Waals surface area contributed by atoms with Gasteiger partial charge in [-0.05, 0) is 75.9 Å². The molecule has 1 fully saturated rings. The van der Waals surface area contributed by atoms with Crippen LogP contribution in [0.15, 0.2) is 30.9 Å². The Morgan fingerprint density at radius 3 is 2.67 bits per heavy atom. The number of methoxy groups -OCH3 is 1. The number of likely N-dealkylation sites (tertiary alicyclic amines) is 1. The molecule has 0 unspecified atom stereocenters. The zero-order valence-corrected chi connectivity index (χ0v) is 18.8. The molecule has 0 spiro atoms. The average molecular weight is 418 g/mol. The van der Waals surface area contributed by atoms with E-state index in [0.717, 1.165) is 75.5 Å². The monoisotopic (exact) mass is 417 g/mol. The van der Waals surface area contributed by atoms with Crippen molar-refractivity contribution in [2.75, 3.05) is 45.2 Å². The number of benzene rings is 1. The van der Waals surface area contributed by atoms with Crippen LogP contribution in [0.3, 0.4) is 0 Å². The highest BCUT2D eigenvalue weighted by Gasteiger charge is 2.23. The summed E-state index contributed by atoms with van der Waals surface area (Å²) in [7, 11) is 1.64. The molecule has 1 aliphatic heterocycles. The second-order valence-electron chi connectivity index (χ2n) is 7.91. The first kappa shape index (κ1) is 24.2. The molecule has 0 aliphatic carbocycles. The third-order valence-electron chi connectivity index (χ3n) is 5.53. The van der Waals surface area contributed by atoms with Crippen molar-refractivity contribution in [3.05, 3.63) is 36.4 Å². The van der Waals surface area contributed by atoms with Gasteiger partial charge in [-0.15, -0.1) is 6.58 Å². The summed E-state index contributed by atoms with van der Waals surface area (Å²) in [4.78, 5) is 14.4. The maximum atomic E-state index is 12.6. The summed E-state index contributed by atoms with van der Waals surface area (Å²) in [6, 6.07) is 5.64. The van der Waals surface area contributed by atoms with E-state index in [-0.39, 0.29) is 12.1 Å². The number of nitrogens with zero attached hydrogens (tertiary/aromatic N) is 1. The number of piperidine rings is 1. The summed E-state index contributed by atoms with van der Waals surface area (Å²) in [5.41, 5.74) is 1.82. The number of hydrogen-bond acceptors (Lipinski definition) is 4. The molecule has 1 aromatic carbocycles. The normalized spacial score (nSPS) is 14.5. The largest absolute Gasteiger partial charge is 0.497 e. The zero-order valence-electron chi connectivity index (χ0n) is 18.8. The molecule has 1 aliphatic rings. The first-order valence-corrected chi connectivity index (χ1v) is 11.3. The van der Waals surface area contributed by atoms with E-state index in [9.17, 15) is 4.79 Å². The first-order valence-electron chi connectivity index (χ1n) is 11.3. The fourth-order valence-corrected chi connectivity index (χ4v) is 3.61. The molecule has 2 rings (SSSR count). The minimum Gasteiger partial charge on any atom is -0.497 e. The molecule has 1 heterocycles. The molecule has 0 saturated carbocycles. The maximum absolute atomic E-state index is 12.6. The van der Waals surface area contributed by atoms with Crippen molar-refractivity contribution in [3.8, 4) is 5.75 Å². The van der Waals surface area contributed by atoms with E-state index in [1.54, 1.807) is 7.11 Å². The third kappa shape index (κ3) is 8.76. The van der Waals surface area contributed by atoms with Gasteiger partial charge in [0.2, 0.25) is 0 Å². The molecule has 6 heteroatoms. The third-order valence-corrected chi connectivity index (χ3v) is 5.53. The molecule has 2 amide bonds. The van der Waals surface area contributed by atoms with Gasteiger partial charge in [0.1, 0.15) is 5.75 Å². The number of unbranched alkanes of at least 4 members (excludes halogenated alkanes) is 3. The van der Waals surface area contributed by atoms with Gasteiger partial charge in [-0.1, -0.05) is 18.9 Å². The Hall–Kier alpha value is -2.05. The second-order valence-corrected chi connectivity index (χ2v) is 7.91. The van der Waals surface area contributed by atoms with E-state index in [1.165, 1.54) is 19.3 Å². The van der Waals surface area contributed by atoms with Gasteiger partial charge >= 0.3 is 6.03 Å². The Morgan fingerprint density at radius 2 is 1.97 bits per heavy atom. The van der Waals surface area contributed by atoms with Crippen LogP contribution in [0.25, 0.3) is 0 Å². The van der Waals surface area contributed by atoms with Gasteiger partial charge in [0, 0.05) is 25.4 Å². The molecule has 0 aromatic heterocycles. The van der Waals surface area contributed by atoms with Gasteiger partial charge in [0.15, 0.2) is 0 Å². The van der Waals surface area contributed by atoms with E-state index >= 15 is 0 Å². The van der Waals surface area contributed by atoms with Gasteiger partial charge in [-0.25, -0.2) is 4.79 Å². The van der Waals surface area contributed by atoms with Gasteiger partial charge in [0.25, 0.3) is 0 Å². The van der Waals surface area contributed by atoms with Gasteiger partial charge < -0.3 is 25.0 Å². The molecule has 0 radical (unpaired) electrons. The number of carbonyl (C=O) groups is 1. The molecule has 2 N–H and O–H groups in total. The lowest BCUT2D eigenvalue weighted by atomic mass is 10.1. The van der Waals surface area contributed by atoms with Crippen LogP contribution in [0.2, 0.25) is 0 Å². The van der Waals surface area contributed by atoms with Crippen molar-refractivity contribution in [2.24, 2.45) is 0 Å². The molecule has 0 bridgehead atoms. The van der Waals surface area contributed by atoms with Crippen molar-refractivity contribution in [2.45, 2.75) is 58.0 Å². The molecule has 168 valence electrons.